The highest BCUT2D eigenvalue weighted by Crippen LogP contribution is 2.25. The van der Waals surface area contributed by atoms with Gasteiger partial charge in [0.1, 0.15) is 12.4 Å². The first kappa shape index (κ1) is 17.0. The fourth-order valence-electron chi connectivity index (χ4n) is 1.91. The van der Waals surface area contributed by atoms with Gasteiger partial charge in [0.25, 0.3) is 0 Å². The highest BCUT2D eigenvalue weighted by molar-refractivity contribution is 7.80. The summed E-state index contributed by atoms with van der Waals surface area (Å²) < 4.78 is 11.0. The van der Waals surface area contributed by atoms with Crippen LogP contribution in [-0.2, 0) is 0 Å². The van der Waals surface area contributed by atoms with Crippen LogP contribution in [0.15, 0.2) is 42.6 Å². The van der Waals surface area contributed by atoms with Gasteiger partial charge in [0.2, 0.25) is 0 Å². The van der Waals surface area contributed by atoms with Gasteiger partial charge in [-0.05, 0) is 49.8 Å². The van der Waals surface area contributed by atoms with Crippen LogP contribution in [0, 0.1) is 6.92 Å². The van der Waals surface area contributed by atoms with Crippen molar-refractivity contribution >= 4 is 23.1 Å². The number of anilines is 1. The van der Waals surface area contributed by atoms with Crippen LogP contribution in [0.5, 0.6) is 11.5 Å². The first-order valence-electron chi connectivity index (χ1n) is 7.34. The number of pyridine rings is 1. The van der Waals surface area contributed by atoms with Crippen LogP contribution in [0.2, 0.25) is 0 Å². The molecule has 1 heterocycles. The zero-order valence-corrected chi connectivity index (χ0v) is 14.3. The molecule has 1 aromatic heterocycles. The molecule has 1 aromatic carbocycles. The van der Waals surface area contributed by atoms with E-state index in [4.69, 9.17) is 21.7 Å². The Bertz CT molecular complexity index is 647. The zero-order chi connectivity index (χ0) is 16.7. The Kier molecular flexibility index (Phi) is 6.17. The van der Waals surface area contributed by atoms with Gasteiger partial charge in [0.15, 0.2) is 16.6 Å². The number of methoxy groups -OCH3 is 1. The van der Waals surface area contributed by atoms with E-state index in [1.54, 1.807) is 13.3 Å². The number of aromatic nitrogens is 1. The molecule has 0 aliphatic heterocycles. The lowest BCUT2D eigenvalue weighted by atomic mass is 10.3. The summed E-state index contributed by atoms with van der Waals surface area (Å²) in [6.45, 7) is 4.44. The van der Waals surface area contributed by atoms with Gasteiger partial charge >= 0.3 is 0 Å². The van der Waals surface area contributed by atoms with Crippen molar-refractivity contribution in [2.24, 2.45) is 0 Å². The molecule has 0 unspecified atom stereocenters. The molecule has 2 aromatic rings. The quantitative estimate of drug-likeness (QED) is 0.793. The van der Waals surface area contributed by atoms with Crippen molar-refractivity contribution in [2.45, 2.75) is 19.9 Å². The van der Waals surface area contributed by atoms with Crippen molar-refractivity contribution in [2.75, 3.05) is 19.0 Å². The molecule has 0 fully saturated rings. The van der Waals surface area contributed by atoms with Gasteiger partial charge in [-0.15, -0.1) is 0 Å². The van der Waals surface area contributed by atoms with Crippen LogP contribution in [-0.4, -0.2) is 29.9 Å². The third-order valence-corrected chi connectivity index (χ3v) is 3.31. The molecule has 23 heavy (non-hydrogen) atoms. The van der Waals surface area contributed by atoms with Crippen LogP contribution >= 0.6 is 12.2 Å². The number of hydrogen-bond donors (Lipinski definition) is 2. The van der Waals surface area contributed by atoms with E-state index >= 15 is 0 Å². The molecular weight excluding hydrogens is 310 g/mol. The third-order valence-electron chi connectivity index (χ3n) is 3.09. The molecule has 0 amide bonds. The molecule has 6 heteroatoms. The molecule has 0 aliphatic rings. The second-order valence-corrected chi connectivity index (χ2v) is 5.59. The van der Waals surface area contributed by atoms with Crippen LogP contribution in [0.4, 0.5) is 5.82 Å². The molecule has 2 N–H and O–H groups in total. The van der Waals surface area contributed by atoms with Gasteiger partial charge in [-0.1, -0.05) is 18.2 Å². The number of thiocarbonyl (C=S) groups is 1. The standard InChI is InChI=1S/C17H21N3O2S/c1-12-8-9-16(18-10-12)20-17(23)19-13(2)11-22-15-7-5-4-6-14(15)21-3/h4-10,13H,11H2,1-3H3,(H2,18,19,20,23)/t13-/m1/s1. The number of aryl methyl sites for hydroxylation is 1. The Hall–Kier alpha value is -2.34. The Morgan fingerprint density at radius 1 is 1.22 bits per heavy atom. The van der Waals surface area contributed by atoms with E-state index in [2.05, 4.69) is 15.6 Å². The van der Waals surface area contributed by atoms with E-state index in [9.17, 15) is 0 Å². The molecule has 0 saturated heterocycles. The minimum Gasteiger partial charge on any atom is -0.493 e. The number of para-hydroxylation sites is 2. The van der Waals surface area contributed by atoms with Gasteiger partial charge in [0.05, 0.1) is 13.2 Å². The average Bonchev–Trinajstić information content (AvgIpc) is 2.55. The van der Waals surface area contributed by atoms with Crippen LogP contribution in [0.1, 0.15) is 12.5 Å². The lowest BCUT2D eigenvalue weighted by molar-refractivity contribution is 0.270. The lowest BCUT2D eigenvalue weighted by Crippen LogP contribution is -2.39. The summed E-state index contributed by atoms with van der Waals surface area (Å²) in [5, 5.41) is 6.73. The smallest absolute Gasteiger partial charge is 0.172 e. The summed E-state index contributed by atoms with van der Waals surface area (Å²) in [4.78, 5) is 4.26. The Morgan fingerprint density at radius 3 is 2.61 bits per heavy atom. The van der Waals surface area contributed by atoms with Gasteiger partial charge in [-0.25, -0.2) is 4.98 Å². The largest absolute Gasteiger partial charge is 0.493 e. The summed E-state index contributed by atoms with van der Waals surface area (Å²) in [5.74, 6) is 2.14. The molecule has 1 atom stereocenters. The predicted molar refractivity (Wildman–Crippen MR) is 96.3 cm³/mol. The summed E-state index contributed by atoms with van der Waals surface area (Å²) in [5.41, 5.74) is 1.10. The Labute approximate surface area is 142 Å². The molecule has 5 nitrogen and oxygen atoms in total. The molecule has 122 valence electrons. The Morgan fingerprint density at radius 2 is 1.96 bits per heavy atom. The number of rotatable bonds is 6. The number of hydrogen-bond acceptors (Lipinski definition) is 4. The van der Waals surface area contributed by atoms with Gasteiger partial charge in [-0.3, -0.25) is 0 Å². The van der Waals surface area contributed by atoms with Crippen LogP contribution in [0.3, 0.4) is 0 Å². The summed E-state index contributed by atoms with van der Waals surface area (Å²) in [7, 11) is 1.62. The topological polar surface area (TPSA) is 55.4 Å². The third kappa shape index (κ3) is 5.41. The van der Waals surface area contributed by atoms with Gasteiger partial charge in [0, 0.05) is 6.20 Å². The van der Waals surface area contributed by atoms with E-state index in [0.717, 1.165) is 5.56 Å². The maximum atomic E-state index is 5.77. The second-order valence-electron chi connectivity index (χ2n) is 5.18. The van der Waals surface area contributed by atoms with Gasteiger partial charge < -0.3 is 20.1 Å². The van der Waals surface area contributed by atoms with E-state index in [-0.39, 0.29) is 6.04 Å². The molecule has 0 aliphatic carbocycles. The number of ether oxygens (including phenoxy) is 2. The Balaban J connectivity index is 1.81. The maximum Gasteiger partial charge on any atom is 0.172 e. The van der Waals surface area contributed by atoms with Crippen molar-refractivity contribution in [3.05, 3.63) is 48.2 Å². The maximum absolute atomic E-state index is 5.77. The number of nitrogens with one attached hydrogen (secondary N) is 2. The summed E-state index contributed by atoms with van der Waals surface area (Å²) in [6, 6.07) is 11.4. The second kappa shape index (κ2) is 8.33. The van der Waals surface area contributed by atoms with Crippen molar-refractivity contribution in [3.63, 3.8) is 0 Å². The van der Waals surface area contributed by atoms with E-state index in [0.29, 0.717) is 29.0 Å². The minimum atomic E-state index is 0.0327. The van der Waals surface area contributed by atoms with Crippen molar-refractivity contribution in [3.8, 4) is 11.5 Å². The highest BCUT2D eigenvalue weighted by Gasteiger charge is 2.08. The molecule has 2 rings (SSSR count). The SMILES string of the molecule is COc1ccccc1OC[C@@H](C)NC(=S)Nc1ccc(C)cn1. The molecule has 0 radical (unpaired) electrons. The van der Waals surface area contributed by atoms with Crippen molar-refractivity contribution in [1.82, 2.24) is 10.3 Å². The fourth-order valence-corrected chi connectivity index (χ4v) is 2.22. The fraction of sp³-hybridized carbons (Fsp3) is 0.294. The average molecular weight is 331 g/mol. The summed E-state index contributed by atoms with van der Waals surface area (Å²) >= 11 is 5.28. The van der Waals surface area contributed by atoms with Crippen LogP contribution < -0.4 is 20.1 Å². The molecule has 0 saturated carbocycles. The first-order chi connectivity index (χ1) is 11.1. The monoisotopic (exact) mass is 331 g/mol. The molecule has 0 spiro atoms. The molecule has 0 bridgehead atoms. The highest BCUT2D eigenvalue weighted by atomic mass is 32.1. The van der Waals surface area contributed by atoms with Gasteiger partial charge in [-0.2, -0.15) is 0 Å². The van der Waals surface area contributed by atoms with Crippen molar-refractivity contribution < 1.29 is 9.47 Å². The first-order valence-corrected chi connectivity index (χ1v) is 7.75. The number of nitrogens with zero attached hydrogens (tertiary/aromatic N) is 1. The van der Waals surface area contributed by atoms with E-state index in [1.165, 1.54) is 0 Å². The van der Waals surface area contributed by atoms with E-state index in [1.807, 2.05) is 50.2 Å². The summed E-state index contributed by atoms with van der Waals surface area (Å²) in [6.07, 6.45) is 1.79. The van der Waals surface area contributed by atoms with Crippen molar-refractivity contribution in [1.29, 1.82) is 0 Å². The zero-order valence-electron chi connectivity index (χ0n) is 13.5. The van der Waals surface area contributed by atoms with E-state index < -0.39 is 0 Å². The predicted octanol–water partition coefficient (Wildman–Crippen LogP) is 3.15. The van der Waals surface area contributed by atoms with Crippen LogP contribution in [0.25, 0.3) is 0 Å². The minimum absolute atomic E-state index is 0.0327. The lowest BCUT2D eigenvalue weighted by Gasteiger charge is -2.18. The number of benzene rings is 1. The normalized spacial score (nSPS) is 11.4. The molecular formula is C17H21N3O2S.